The van der Waals surface area contributed by atoms with E-state index in [0.717, 1.165) is 5.69 Å². The molecule has 3 aromatic rings. The molecular weight excluding hydrogens is 254 g/mol. The molecule has 2 aromatic heterocycles. The average molecular weight is 267 g/mol. The zero-order valence-electron chi connectivity index (χ0n) is 11.2. The molecule has 0 spiro atoms. The summed E-state index contributed by atoms with van der Waals surface area (Å²) in [6, 6.07) is 8.32. The van der Waals surface area contributed by atoms with Crippen molar-refractivity contribution in [1.82, 2.24) is 19.9 Å². The van der Waals surface area contributed by atoms with Gasteiger partial charge < -0.3 is 10.1 Å². The Balaban J connectivity index is 2.06. The molecule has 1 aromatic carbocycles. The molecule has 0 saturated heterocycles. The molecule has 0 unspecified atom stereocenters. The van der Waals surface area contributed by atoms with Gasteiger partial charge in [-0.2, -0.15) is 4.98 Å². The van der Waals surface area contributed by atoms with E-state index in [9.17, 15) is 0 Å². The Morgan fingerprint density at radius 3 is 2.85 bits per heavy atom. The third-order valence-corrected chi connectivity index (χ3v) is 2.82. The van der Waals surface area contributed by atoms with Crippen molar-refractivity contribution < 1.29 is 4.74 Å². The number of methoxy groups -OCH3 is 1. The summed E-state index contributed by atoms with van der Waals surface area (Å²) in [6.07, 6.45) is 3.10. The highest BCUT2D eigenvalue weighted by Gasteiger charge is 2.08. The predicted octanol–water partition coefficient (Wildman–Crippen LogP) is 2.48. The minimum absolute atomic E-state index is 0.291. The number of rotatable bonds is 3. The van der Waals surface area contributed by atoms with Gasteiger partial charge in [0.2, 0.25) is 0 Å². The van der Waals surface area contributed by atoms with E-state index in [4.69, 9.17) is 4.74 Å². The third kappa shape index (κ3) is 2.35. The molecule has 0 saturated carbocycles. The molecule has 0 aliphatic heterocycles. The van der Waals surface area contributed by atoms with Crippen molar-refractivity contribution in [3.05, 3.63) is 42.4 Å². The van der Waals surface area contributed by atoms with Crippen LogP contribution in [-0.2, 0) is 0 Å². The molecule has 6 heteroatoms. The second kappa shape index (κ2) is 5.08. The number of nitrogens with zero attached hydrogens (tertiary/aromatic N) is 4. The van der Waals surface area contributed by atoms with Crippen LogP contribution in [0.4, 0.5) is 11.5 Å². The zero-order valence-corrected chi connectivity index (χ0v) is 11.2. The molecule has 0 amide bonds. The quantitative estimate of drug-likeness (QED) is 0.786. The largest absolute Gasteiger partial charge is 0.467 e. The number of benzene rings is 1. The van der Waals surface area contributed by atoms with Crippen molar-refractivity contribution in [2.75, 3.05) is 12.4 Å². The summed E-state index contributed by atoms with van der Waals surface area (Å²) in [5, 5.41) is 3.24. The van der Waals surface area contributed by atoms with Crippen molar-refractivity contribution in [2.24, 2.45) is 0 Å². The van der Waals surface area contributed by atoms with Gasteiger partial charge in [-0.3, -0.25) is 0 Å². The highest BCUT2D eigenvalue weighted by atomic mass is 16.5. The van der Waals surface area contributed by atoms with Crippen molar-refractivity contribution >= 4 is 22.5 Å². The standard InChI is InChI=1S/C14H13N5O/c1-9-4-3-5-10(6-9)18-13-12-11(16-8-17-13)7-15-14(19-12)20-2/h3-8H,1-2H3,(H,16,17,18). The Kier molecular flexibility index (Phi) is 3.12. The molecule has 0 aliphatic carbocycles. The Morgan fingerprint density at radius 1 is 1.15 bits per heavy atom. The highest BCUT2D eigenvalue weighted by Crippen LogP contribution is 2.22. The van der Waals surface area contributed by atoms with E-state index in [2.05, 4.69) is 25.3 Å². The molecule has 0 fully saturated rings. The number of anilines is 2. The topological polar surface area (TPSA) is 72.8 Å². The molecule has 0 bridgehead atoms. The van der Waals surface area contributed by atoms with E-state index in [1.807, 2.05) is 31.2 Å². The summed E-state index contributed by atoms with van der Waals surface area (Å²) in [5.74, 6) is 0.626. The lowest BCUT2D eigenvalue weighted by Gasteiger charge is -2.08. The second-order valence-corrected chi connectivity index (χ2v) is 4.31. The lowest BCUT2D eigenvalue weighted by atomic mass is 10.2. The smallest absolute Gasteiger partial charge is 0.316 e. The Hall–Kier alpha value is -2.76. The van der Waals surface area contributed by atoms with Gasteiger partial charge in [0.25, 0.3) is 0 Å². The first-order chi connectivity index (χ1) is 9.76. The van der Waals surface area contributed by atoms with Crippen molar-refractivity contribution in [2.45, 2.75) is 6.92 Å². The number of hydrogen-bond acceptors (Lipinski definition) is 6. The van der Waals surface area contributed by atoms with Crippen LogP contribution >= 0.6 is 0 Å². The molecule has 1 N–H and O–H groups in total. The van der Waals surface area contributed by atoms with Crippen LogP contribution < -0.4 is 10.1 Å². The number of aromatic nitrogens is 4. The summed E-state index contributed by atoms with van der Waals surface area (Å²) in [4.78, 5) is 16.7. The first kappa shape index (κ1) is 12.3. The Bertz CT molecular complexity index is 759. The monoisotopic (exact) mass is 267 g/mol. The molecule has 3 rings (SSSR count). The Morgan fingerprint density at radius 2 is 2.05 bits per heavy atom. The zero-order chi connectivity index (χ0) is 13.9. The summed E-state index contributed by atoms with van der Waals surface area (Å²) in [7, 11) is 1.53. The van der Waals surface area contributed by atoms with Crippen LogP contribution in [0.15, 0.2) is 36.8 Å². The lowest BCUT2D eigenvalue weighted by Crippen LogP contribution is -2.00. The van der Waals surface area contributed by atoms with E-state index in [1.165, 1.54) is 19.0 Å². The predicted molar refractivity (Wildman–Crippen MR) is 76.1 cm³/mol. The second-order valence-electron chi connectivity index (χ2n) is 4.31. The van der Waals surface area contributed by atoms with Gasteiger partial charge in [0.15, 0.2) is 5.82 Å². The molecule has 100 valence electrons. The van der Waals surface area contributed by atoms with Crippen LogP contribution in [0.25, 0.3) is 11.0 Å². The van der Waals surface area contributed by atoms with Gasteiger partial charge in [-0.1, -0.05) is 12.1 Å². The number of ether oxygens (including phenoxy) is 1. The summed E-state index contributed by atoms with van der Waals surface area (Å²) in [6.45, 7) is 2.04. The molecule has 6 nitrogen and oxygen atoms in total. The molecule has 2 heterocycles. The van der Waals surface area contributed by atoms with Crippen LogP contribution in [-0.4, -0.2) is 27.0 Å². The molecular formula is C14H13N5O. The van der Waals surface area contributed by atoms with Crippen LogP contribution in [0.2, 0.25) is 0 Å². The first-order valence-electron chi connectivity index (χ1n) is 6.12. The van der Waals surface area contributed by atoms with Gasteiger partial charge in [-0.15, -0.1) is 0 Å². The normalized spacial score (nSPS) is 10.5. The van der Waals surface area contributed by atoms with Gasteiger partial charge in [-0.05, 0) is 24.6 Å². The SMILES string of the molecule is COc1ncc2ncnc(Nc3cccc(C)c3)c2n1. The van der Waals surface area contributed by atoms with E-state index in [0.29, 0.717) is 22.9 Å². The number of hydrogen-bond donors (Lipinski definition) is 1. The van der Waals surface area contributed by atoms with E-state index < -0.39 is 0 Å². The minimum Gasteiger partial charge on any atom is -0.467 e. The fourth-order valence-corrected chi connectivity index (χ4v) is 1.89. The van der Waals surface area contributed by atoms with Crippen LogP contribution in [0.5, 0.6) is 6.01 Å². The fraction of sp³-hybridized carbons (Fsp3) is 0.143. The van der Waals surface area contributed by atoms with Crippen LogP contribution in [0, 0.1) is 6.92 Å². The van der Waals surface area contributed by atoms with Gasteiger partial charge in [0, 0.05) is 5.69 Å². The van der Waals surface area contributed by atoms with Crippen LogP contribution in [0.3, 0.4) is 0 Å². The van der Waals surface area contributed by atoms with Crippen LogP contribution in [0.1, 0.15) is 5.56 Å². The van der Waals surface area contributed by atoms with Gasteiger partial charge in [-0.25, -0.2) is 15.0 Å². The van der Waals surface area contributed by atoms with Crippen molar-refractivity contribution in [3.8, 4) is 6.01 Å². The molecule has 0 radical (unpaired) electrons. The van der Waals surface area contributed by atoms with Gasteiger partial charge in [0.1, 0.15) is 17.4 Å². The van der Waals surface area contributed by atoms with E-state index in [-0.39, 0.29) is 0 Å². The highest BCUT2D eigenvalue weighted by molar-refractivity contribution is 5.86. The molecule has 0 atom stereocenters. The van der Waals surface area contributed by atoms with Gasteiger partial charge >= 0.3 is 6.01 Å². The maximum atomic E-state index is 5.04. The fourth-order valence-electron chi connectivity index (χ4n) is 1.89. The summed E-state index contributed by atoms with van der Waals surface area (Å²) in [5.41, 5.74) is 3.40. The number of aryl methyl sites for hydroxylation is 1. The summed E-state index contributed by atoms with van der Waals surface area (Å²) < 4.78 is 5.04. The molecule has 0 aliphatic rings. The Labute approximate surface area is 115 Å². The number of fused-ring (bicyclic) bond motifs is 1. The number of nitrogens with one attached hydrogen (secondary N) is 1. The molecule has 20 heavy (non-hydrogen) atoms. The van der Waals surface area contributed by atoms with E-state index >= 15 is 0 Å². The van der Waals surface area contributed by atoms with Crippen molar-refractivity contribution in [1.29, 1.82) is 0 Å². The van der Waals surface area contributed by atoms with Gasteiger partial charge in [0.05, 0.1) is 13.3 Å². The minimum atomic E-state index is 0.291. The van der Waals surface area contributed by atoms with Crippen molar-refractivity contribution in [3.63, 3.8) is 0 Å². The maximum absolute atomic E-state index is 5.04. The average Bonchev–Trinajstić information content (AvgIpc) is 2.47. The first-order valence-corrected chi connectivity index (χ1v) is 6.12. The maximum Gasteiger partial charge on any atom is 0.316 e. The summed E-state index contributed by atoms with van der Waals surface area (Å²) >= 11 is 0. The van der Waals surface area contributed by atoms with E-state index in [1.54, 1.807) is 6.20 Å². The lowest BCUT2D eigenvalue weighted by molar-refractivity contribution is 0.381. The third-order valence-electron chi connectivity index (χ3n) is 2.82.